The number of carbonyl (C=O) groups excluding carboxylic acids is 1. The molecule has 2 aromatic carbocycles. The van der Waals surface area contributed by atoms with Crippen molar-refractivity contribution in [2.24, 2.45) is 0 Å². The molecule has 0 fully saturated rings. The summed E-state index contributed by atoms with van der Waals surface area (Å²) in [7, 11) is 12.1. The molecule has 27 heavy (non-hydrogen) atoms. The van der Waals surface area contributed by atoms with E-state index in [0.29, 0.717) is 0 Å². The minimum Gasteiger partial charge on any atom is -0.377 e. The second-order valence-corrected chi connectivity index (χ2v) is 7.64. The Morgan fingerprint density at radius 1 is 0.926 bits per heavy atom. The van der Waals surface area contributed by atoms with Crippen molar-refractivity contribution >= 4 is 11.5 Å². The highest BCUT2D eigenvalue weighted by Gasteiger charge is 2.22. The number of hydrogen-bond donors (Lipinski definition) is 0. The molecule has 4 heteroatoms. The highest BCUT2D eigenvalue weighted by Crippen LogP contribution is 2.29. The number of Topliss-reactive ketones (excluding diaryl/α,β-unsaturated/α-hetero) is 1. The Morgan fingerprint density at radius 3 is 2.04 bits per heavy atom. The van der Waals surface area contributed by atoms with Crippen molar-refractivity contribution in [2.45, 2.75) is 25.4 Å². The molecular formula is C23H32N3O. The first-order valence-corrected chi connectivity index (χ1v) is 9.42. The second kappa shape index (κ2) is 9.16. The molecule has 0 aliphatic heterocycles. The van der Waals surface area contributed by atoms with E-state index in [-0.39, 0.29) is 17.9 Å². The van der Waals surface area contributed by atoms with Gasteiger partial charge in [0.05, 0.1) is 12.1 Å². The zero-order valence-electron chi connectivity index (χ0n) is 17.7. The van der Waals surface area contributed by atoms with Crippen LogP contribution in [0.2, 0.25) is 0 Å². The lowest BCUT2D eigenvalue weighted by molar-refractivity contribution is 0.0871. The van der Waals surface area contributed by atoms with Gasteiger partial charge in [-0.15, -0.1) is 0 Å². The second-order valence-electron chi connectivity index (χ2n) is 7.64. The number of carbonyl (C=O) groups is 1. The third-order valence-corrected chi connectivity index (χ3v) is 4.95. The van der Waals surface area contributed by atoms with Crippen molar-refractivity contribution in [1.82, 2.24) is 9.80 Å². The quantitative estimate of drug-likeness (QED) is 0.665. The van der Waals surface area contributed by atoms with Gasteiger partial charge in [-0.2, -0.15) is 0 Å². The van der Waals surface area contributed by atoms with Crippen LogP contribution in [0.5, 0.6) is 0 Å². The van der Waals surface area contributed by atoms with Crippen LogP contribution >= 0.6 is 0 Å². The van der Waals surface area contributed by atoms with Crippen LogP contribution in [0.25, 0.3) is 0 Å². The molecule has 0 bridgehead atoms. The molecule has 0 amide bonds. The summed E-state index contributed by atoms with van der Waals surface area (Å²) in [4.78, 5) is 19.0. The molecule has 145 valence electrons. The van der Waals surface area contributed by atoms with Crippen molar-refractivity contribution in [2.75, 3.05) is 47.2 Å². The number of nitrogens with zero attached hydrogens (tertiary/aromatic N) is 3. The van der Waals surface area contributed by atoms with Crippen molar-refractivity contribution in [3.63, 3.8) is 0 Å². The molecule has 2 aromatic rings. The molecule has 0 aromatic heterocycles. The molecule has 0 spiro atoms. The lowest BCUT2D eigenvalue weighted by Gasteiger charge is -2.27. The molecule has 2 unspecified atom stereocenters. The van der Waals surface area contributed by atoms with Crippen molar-refractivity contribution in [3.05, 3.63) is 65.2 Å². The van der Waals surface area contributed by atoms with Crippen LogP contribution in [0.3, 0.4) is 0 Å². The molecule has 0 saturated carbocycles. The Bertz CT molecular complexity index is 750. The average molecular weight is 367 g/mol. The molecule has 2 atom stereocenters. The van der Waals surface area contributed by atoms with Crippen LogP contribution in [0.4, 0.5) is 5.69 Å². The highest BCUT2D eigenvalue weighted by molar-refractivity contribution is 6.00. The van der Waals surface area contributed by atoms with Crippen molar-refractivity contribution < 1.29 is 4.79 Å². The van der Waals surface area contributed by atoms with E-state index in [0.717, 1.165) is 17.7 Å². The van der Waals surface area contributed by atoms with Crippen LogP contribution in [0.1, 0.15) is 40.9 Å². The summed E-state index contributed by atoms with van der Waals surface area (Å²) in [6, 6.07) is 17.6. The Hall–Kier alpha value is -2.17. The fourth-order valence-corrected chi connectivity index (χ4v) is 3.50. The van der Waals surface area contributed by atoms with Gasteiger partial charge in [-0.1, -0.05) is 43.3 Å². The van der Waals surface area contributed by atoms with Gasteiger partial charge >= 0.3 is 0 Å². The summed E-state index contributed by atoms with van der Waals surface area (Å²) in [5.41, 5.74) is 4.21. The molecular weight excluding hydrogens is 334 g/mol. The molecule has 0 aliphatic carbocycles. The van der Waals surface area contributed by atoms with Crippen molar-refractivity contribution in [1.29, 1.82) is 0 Å². The first-order valence-electron chi connectivity index (χ1n) is 9.42. The monoisotopic (exact) mass is 366 g/mol. The van der Waals surface area contributed by atoms with Crippen LogP contribution in [-0.2, 0) is 0 Å². The first-order chi connectivity index (χ1) is 12.8. The maximum atomic E-state index is 12.8. The largest absolute Gasteiger partial charge is 0.377 e. The molecule has 0 aliphatic rings. The number of ketones is 1. The van der Waals surface area contributed by atoms with Gasteiger partial charge in [0.15, 0.2) is 5.78 Å². The minimum atomic E-state index is -0.0761. The Labute approximate surface area is 164 Å². The van der Waals surface area contributed by atoms with E-state index >= 15 is 0 Å². The number of anilines is 1. The number of hydrogen-bond acceptors (Lipinski definition) is 4. The maximum absolute atomic E-state index is 12.8. The van der Waals surface area contributed by atoms with E-state index in [2.05, 4.69) is 54.2 Å². The molecule has 2 rings (SSSR count). The van der Waals surface area contributed by atoms with Crippen LogP contribution in [0.15, 0.2) is 42.5 Å². The van der Waals surface area contributed by atoms with Gasteiger partial charge in [0.25, 0.3) is 0 Å². The highest BCUT2D eigenvalue weighted by atomic mass is 16.1. The van der Waals surface area contributed by atoms with Gasteiger partial charge in [0.1, 0.15) is 0 Å². The van der Waals surface area contributed by atoms with E-state index in [9.17, 15) is 4.79 Å². The van der Waals surface area contributed by atoms with E-state index in [1.807, 2.05) is 58.2 Å². The Balaban J connectivity index is 2.34. The SMILES string of the molecule is CCC(C(=O)c1ccc(C(c2cc[c]c(N(C)C)c2)N(C)C)cc1)N(C)C. The molecule has 4 nitrogen and oxygen atoms in total. The zero-order chi connectivity index (χ0) is 20.1. The summed E-state index contributed by atoms with van der Waals surface area (Å²) in [5.74, 6) is 0.180. The topological polar surface area (TPSA) is 26.8 Å². The first kappa shape index (κ1) is 21.1. The average Bonchev–Trinajstić information content (AvgIpc) is 2.62. The lowest BCUT2D eigenvalue weighted by Crippen LogP contribution is -2.35. The van der Waals surface area contributed by atoms with E-state index in [4.69, 9.17) is 0 Å². The molecule has 0 N–H and O–H groups in total. The van der Waals surface area contributed by atoms with Crippen LogP contribution in [-0.4, -0.2) is 63.9 Å². The minimum absolute atomic E-state index is 0.0761. The summed E-state index contributed by atoms with van der Waals surface area (Å²) in [6.07, 6.45) is 0.807. The van der Waals surface area contributed by atoms with Gasteiger partial charge in [-0.05, 0) is 51.8 Å². The van der Waals surface area contributed by atoms with E-state index in [1.165, 1.54) is 11.1 Å². The summed E-state index contributed by atoms with van der Waals surface area (Å²) in [5, 5.41) is 0. The molecule has 0 saturated heterocycles. The van der Waals surface area contributed by atoms with Gasteiger partial charge in [-0.3, -0.25) is 14.6 Å². The Morgan fingerprint density at radius 2 is 1.56 bits per heavy atom. The standard InChI is InChI=1S/C23H32N3O/c1-8-21(25(4)5)23(27)18-14-12-17(13-15-18)22(26(6)7)19-10-9-11-20(16-19)24(2)3/h9-10,12-16,21-22H,8H2,1-7H3. The smallest absolute Gasteiger partial charge is 0.179 e. The number of benzene rings is 2. The number of likely N-dealkylation sites (N-methyl/N-ethyl adjacent to an activating group) is 1. The fourth-order valence-electron chi connectivity index (χ4n) is 3.50. The predicted octanol–water partition coefficient (Wildman–Crippen LogP) is 3.73. The predicted molar refractivity (Wildman–Crippen MR) is 114 cm³/mol. The number of rotatable bonds is 8. The third-order valence-electron chi connectivity index (χ3n) is 4.95. The van der Waals surface area contributed by atoms with Crippen molar-refractivity contribution in [3.8, 4) is 0 Å². The fraction of sp³-hybridized carbons (Fsp3) is 0.435. The zero-order valence-corrected chi connectivity index (χ0v) is 17.7. The summed E-state index contributed by atoms with van der Waals surface area (Å²) < 4.78 is 0. The van der Waals surface area contributed by atoms with E-state index < -0.39 is 0 Å². The van der Waals surface area contributed by atoms with Gasteiger partial charge < -0.3 is 4.90 Å². The van der Waals surface area contributed by atoms with Gasteiger partial charge in [0.2, 0.25) is 0 Å². The maximum Gasteiger partial charge on any atom is 0.179 e. The lowest BCUT2D eigenvalue weighted by atomic mass is 9.94. The normalized spacial score (nSPS) is 13.7. The summed E-state index contributed by atoms with van der Waals surface area (Å²) >= 11 is 0. The van der Waals surface area contributed by atoms with Crippen LogP contribution < -0.4 is 4.90 Å². The van der Waals surface area contributed by atoms with Gasteiger partial charge in [-0.25, -0.2) is 0 Å². The Kier molecular flexibility index (Phi) is 7.17. The summed E-state index contributed by atoms with van der Waals surface area (Å²) in [6.45, 7) is 2.05. The third kappa shape index (κ3) is 4.96. The molecule has 0 heterocycles. The molecule has 1 radical (unpaired) electrons. The van der Waals surface area contributed by atoms with E-state index in [1.54, 1.807) is 0 Å². The van der Waals surface area contributed by atoms with Gasteiger partial charge in [0, 0.05) is 31.4 Å². The van der Waals surface area contributed by atoms with Crippen LogP contribution in [0, 0.1) is 6.07 Å².